The molecule has 1 atom stereocenters. The molecule has 0 aliphatic carbocycles. The van der Waals surface area contributed by atoms with Gasteiger partial charge >= 0.3 is 0 Å². The van der Waals surface area contributed by atoms with Crippen molar-refractivity contribution in [1.29, 1.82) is 0 Å². The second kappa shape index (κ2) is 6.77. The molecule has 21 heavy (non-hydrogen) atoms. The summed E-state index contributed by atoms with van der Waals surface area (Å²) in [5, 5.41) is 0. The lowest BCUT2D eigenvalue weighted by Crippen LogP contribution is -2.46. The molecule has 118 valence electrons. The number of para-hydroxylation sites is 1. The van der Waals surface area contributed by atoms with Crippen LogP contribution >= 0.6 is 0 Å². The van der Waals surface area contributed by atoms with E-state index in [4.69, 9.17) is 4.74 Å². The van der Waals surface area contributed by atoms with Crippen LogP contribution in [0, 0.1) is 0 Å². The summed E-state index contributed by atoms with van der Waals surface area (Å²) in [6.07, 6.45) is 2.47. The topological polar surface area (TPSA) is 58.6 Å². The fourth-order valence-corrected chi connectivity index (χ4v) is 4.49. The maximum atomic E-state index is 12.4. The van der Waals surface area contributed by atoms with Gasteiger partial charge in [0.1, 0.15) is 5.75 Å². The fraction of sp³-hybridized carbons (Fsp3) is 0.600. The van der Waals surface area contributed by atoms with Gasteiger partial charge in [-0.1, -0.05) is 18.2 Å². The molecule has 5 nitrogen and oxygen atoms in total. The normalized spacial score (nSPS) is 20.1. The molecule has 1 N–H and O–H groups in total. The Bertz CT molecular complexity index is 572. The van der Waals surface area contributed by atoms with Crippen molar-refractivity contribution in [2.24, 2.45) is 0 Å². The number of nitrogens with one attached hydrogen (secondary N) is 1. The Kier molecular flexibility index (Phi) is 5.24. The molecule has 0 amide bonds. The zero-order valence-electron chi connectivity index (χ0n) is 12.9. The van der Waals surface area contributed by atoms with E-state index in [1.165, 1.54) is 0 Å². The molecule has 0 aromatic heterocycles. The van der Waals surface area contributed by atoms with Crippen molar-refractivity contribution < 1.29 is 13.2 Å². The molecule has 1 heterocycles. The van der Waals surface area contributed by atoms with Crippen molar-refractivity contribution in [2.45, 2.75) is 45.2 Å². The van der Waals surface area contributed by atoms with E-state index in [1.807, 2.05) is 38.1 Å². The lowest BCUT2D eigenvalue weighted by molar-refractivity contribution is 0.366. The molecule has 1 aliphatic heterocycles. The Morgan fingerprint density at radius 2 is 2.10 bits per heavy atom. The minimum absolute atomic E-state index is 0.00227. The highest BCUT2D eigenvalue weighted by Crippen LogP contribution is 2.27. The summed E-state index contributed by atoms with van der Waals surface area (Å²) in [5.41, 5.74) is 1.05. The predicted octanol–water partition coefficient (Wildman–Crippen LogP) is 1.94. The van der Waals surface area contributed by atoms with Crippen LogP contribution in [-0.2, 0) is 16.6 Å². The molecule has 1 unspecified atom stereocenters. The van der Waals surface area contributed by atoms with Crippen LogP contribution in [0.1, 0.15) is 32.3 Å². The highest BCUT2D eigenvalue weighted by atomic mass is 32.2. The first kappa shape index (κ1) is 16.3. The van der Waals surface area contributed by atoms with Crippen LogP contribution in [-0.4, -0.2) is 38.5 Å². The van der Waals surface area contributed by atoms with Crippen LogP contribution in [0.15, 0.2) is 24.3 Å². The van der Waals surface area contributed by atoms with Gasteiger partial charge in [-0.3, -0.25) is 0 Å². The highest BCUT2D eigenvalue weighted by Gasteiger charge is 2.34. The van der Waals surface area contributed by atoms with E-state index >= 15 is 0 Å². The van der Waals surface area contributed by atoms with Crippen LogP contribution in [0.2, 0.25) is 0 Å². The minimum Gasteiger partial charge on any atom is -0.496 e. The molecule has 1 aliphatic rings. The number of ether oxygens (including phenoxy) is 1. The van der Waals surface area contributed by atoms with E-state index in [2.05, 4.69) is 4.72 Å². The molecule has 1 saturated heterocycles. The third kappa shape index (κ3) is 3.96. The summed E-state index contributed by atoms with van der Waals surface area (Å²) < 4.78 is 34.4. The van der Waals surface area contributed by atoms with Crippen LogP contribution in [0.4, 0.5) is 0 Å². The van der Waals surface area contributed by atoms with E-state index in [9.17, 15) is 8.42 Å². The number of hydrogen-bond donors (Lipinski definition) is 1. The van der Waals surface area contributed by atoms with Gasteiger partial charge in [0, 0.05) is 18.6 Å². The smallest absolute Gasteiger partial charge is 0.279 e. The fourth-order valence-electron chi connectivity index (χ4n) is 2.82. The molecule has 1 aromatic rings. The highest BCUT2D eigenvalue weighted by molar-refractivity contribution is 7.87. The first-order valence-corrected chi connectivity index (χ1v) is 8.79. The van der Waals surface area contributed by atoms with Crippen molar-refractivity contribution in [3.05, 3.63) is 29.8 Å². The van der Waals surface area contributed by atoms with E-state index < -0.39 is 10.2 Å². The van der Waals surface area contributed by atoms with Gasteiger partial charge in [-0.25, -0.2) is 0 Å². The molecule has 1 fully saturated rings. The first-order valence-electron chi connectivity index (χ1n) is 7.35. The monoisotopic (exact) mass is 312 g/mol. The molecular weight excluding hydrogens is 288 g/mol. The zero-order chi connectivity index (χ0) is 15.5. The second-order valence-corrected chi connectivity index (χ2v) is 7.36. The SMILES string of the molecule is COc1ccccc1CC1CCCN1S(=O)(=O)NC(C)C. The maximum Gasteiger partial charge on any atom is 0.279 e. The van der Waals surface area contributed by atoms with Crippen LogP contribution < -0.4 is 9.46 Å². The molecule has 0 spiro atoms. The number of hydrogen-bond acceptors (Lipinski definition) is 3. The Morgan fingerprint density at radius 3 is 2.76 bits per heavy atom. The molecule has 1 aromatic carbocycles. The number of methoxy groups -OCH3 is 1. The summed E-state index contributed by atoms with van der Waals surface area (Å²) in [6.45, 7) is 4.26. The minimum atomic E-state index is -3.41. The van der Waals surface area contributed by atoms with Crippen molar-refractivity contribution in [2.75, 3.05) is 13.7 Å². The maximum absolute atomic E-state index is 12.4. The largest absolute Gasteiger partial charge is 0.496 e. The Labute approximate surface area is 127 Å². The zero-order valence-corrected chi connectivity index (χ0v) is 13.7. The summed E-state index contributed by atoms with van der Waals surface area (Å²) >= 11 is 0. The van der Waals surface area contributed by atoms with Gasteiger partial charge in [-0.2, -0.15) is 17.4 Å². The number of rotatable bonds is 6. The summed E-state index contributed by atoms with van der Waals surface area (Å²) in [5.74, 6) is 0.818. The van der Waals surface area contributed by atoms with Crippen molar-refractivity contribution >= 4 is 10.2 Å². The molecule has 0 bridgehead atoms. The van der Waals surface area contributed by atoms with Crippen LogP contribution in [0.25, 0.3) is 0 Å². The lowest BCUT2D eigenvalue weighted by atomic mass is 10.0. The molecule has 2 rings (SSSR count). The third-order valence-electron chi connectivity index (χ3n) is 3.66. The summed E-state index contributed by atoms with van der Waals surface area (Å²) in [4.78, 5) is 0. The van der Waals surface area contributed by atoms with Gasteiger partial charge in [0.15, 0.2) is 0 Å². The van der Waals surface area contributed by atoms with Gasteiger partial charge in [0.2, 0.25) is 0 Å². The molecule has 0 radical (unpaired) electrons. The predicted molar refractivity (Wildman–Crippen MR) is 83.6 cm³/mol. The molecular formula is C15H24N2O3S. The van der Waals surface area contributed by atoms with E-state index in [1.54, 1.807) is 11.4 Å². The van der Waals surface area contributed by atoms with Crippen LogP contribution in [0.5, 0.6) is 5.75 Å². The Balaban J connectivity index is 2.16. The van der Waals surface area contributed by atoms with Gasteiger partial charge in [0.25, 0.3) is 10.2 Å². The van der Waals surface area contributed by atoms with Gasteiger partial charge < -0.3 is 4.74 Å². The van der Waals surface area contributed by atoms with E-state index in [0.717, 1.165) is 24.2 Å². The lowest BCUT2D eigenvalue weighted by Gasteiger charge is -2.25. The number of nitrogens with zero attached hydrogens (tertiary/aromatic N) is 1. The van der Waals surface area contributed by atoms with Crippen molar-refractivity contribution in [3.8, 4) is 5.75 Å². The van der Waals surface area contributed by atoms with E-state index in [-0.39, 0.29) is 12.1 Å². The van der Waals surface area contributed by atoms with Crippen LogP contribution in [0.3, 0.4) is 0 Å². The van der Waals surface area contributed by atoms with Gasteiger partial charge in [-0.05, 0) is 44.7 Å². The average molecular weight is 312 g/mol. The van der Waals surface area contributed by atoms with Gasteiger partial charge in [0.05, 0.1) is 7.11 Å². The van der Waals surface area contributed by atoms with Gasteiger partial charge in [-0.15, -0.1) is 0 Å². The number of benzene rings is 1. The molecule has 6 heteroatoms. The quantitative estimate of drug-likeness (QED) is 0.873. The average Bonchev–Trinajstić information content (AvgIpc) is 2.87. The first-order chi connectivity index (χ1) is 9.94. The summed E-state index contributed by atoms with van der Waals surface area (Å²) in [7, 11) is -1.76. The summed E-state index contributed by atoms with van der Waals surface area (Å²) in [6, 6.07) is 7.69. The van der Waals surface area contributed by atoms with Crippen molar-refractivity contribution in [1.82, 2.24) is 9.03 Å². The second-order valence-electron chi connectivity index (χ2n) is 5.70. The van der Waals surface area contributed by atoms with Crippen molar-refractivity contribution in [3.63, 3.8) is 0 Å². The Morgan fingerprint density at radius 1 is 1.38 bits per heavy atom. The molecule has 0 saturated carbocycles. The third-order valence-corrected chi connectivity index (χ3v) is 5.53. The standard InChI is InChI=1S/C15H24N2O3S/c1-12(2)16-21(18,19)17-10-6-8-14(17)11-13-7-4-5-9-15(13)20-3/h4-5,7,9,12,14,16H,6,8,10-11H2,1-3H3. The van der Waals surface area contributed by atoms with E-state index in [0.29, 0.717) is 13.0 Å². The Hall–Kier alpha value is -1.11.